The topological polar surface area (TPSA) is 25.8 Å². The van der Waals surface area contributed by atoms with Crippen molar-refractivity contribution < 1.29 is 4.39 Å². The second-order valence-electron chi connectivity index (χ2n) is 2.31. The summed E-state index contributed by atoms with van der Waals surface area (Å²) < 4.78 is 13.6. The Labute approximate surface area is 86.6 Å². The van der Waals surface area contributed by atoms with E-state index in [1.165, 1.54) is 11.3 Å². The maximum Gasteiger partial charge on any atom is 0.197 e. The Hall–Kier alpha value is -0.810. The van der Waals surface area contributed by atoms with Gasteiger partial charge in [-0.2, -0.15) is 0 Å². The van der Waals surface area contributed by atoms with Crippen molar-refractivity contribution in [1.82, 2.24) is 9.97 Å². The molecular formula is C8H4BrFN2S. The molecule has 2 aromatic rings. The molecule has 66 valence electrons. The van der Waals surface area contributed by atoms with E-state index in [1.807, 2.05) is 17.5 Å². The summed E-state index contributed by atoms with van der Waals surface area (Å²) in [6.45, 7) is 0. The lowest BCUT2D eigenvalue weighted by atomic mass is 10.3. The summed E-state index contributed by atoms with van der Waals surface area (Å²) in [5, 5.41) is 1.88. The molecule has 2 rings (SSSR count). The van der Waals surface area contributed by atoms with E-state index >= 15 is 0 Å². The molecule has 5 heteroatoms. The first-order valence-electron chi connectivity index (χ1n) is 3.49. The van der Waals surface area contributed by atoms with Gasteiger partial charge in [-0.05, 0) is 27.4 Å². The first kappa shape index (κ1) is 8.77. The Kier molecular flexibility index (Phi) is 2.37. The molecule has 0 saturated carbocycles. The van der Waals surface area contributed by atoms with Crippen LogP contribution in [0.15, 0.2) is 28.4 Å². The number of hydrogen-bond acceptors (Lipinski definition) is 3. The summed E-state index contributed by atoms with van der Waals surface area (Å²) in [5.41, 5.74) is 0.344. The fraction of sp³-hybridized carbons (Fsp3) is 0. The lowest BCUT2D eigenvalue weighted by molar-refractivity contribution is 0.617. The number of halogens is 2. The number of thiophene rings is 1. The third-order valence-electron chi connectivity index (χ3n) is 1.47. The number of nitrogens with zero attached hydrogens (tertiary/aromatic N) is 2. The van der Waals surface area contributed by atoms with Crippen LogP contribution in [0.2, 0.25) is 0 Å². The molecule has 0 unspecified atom stereocenters. The zero-order valence-corrected chi connectivity index (χ0v) is 8.77. The molecule has 0 fully saturated rings. The van der Waals surface area contributed by atoms with Crippen molar-refractivity contribution in [2.24, 2.45) is 0 Å². The average Bonchev–Trinajstić information content (AvgIpc) is 2.61. The van der Waals surface area contributed by atoms with E-state index in [4.69, 9.17) is 0 Å². The van der Waals surface area contributed by atoms with Crippen LogP contribution in [0.4, 0.5) is 4.39 Å². The van der Waals surface area contributed by atoms with Crippen molar-refractivity contribution in [3.8, 4) is 10.6 Å². The number of aromatic nitrogens is 2. The molecule has 0 spiro atoms. The zero-order valence-electron chi connectivity index (χ0n) is 6.37. The molecular weight excluding hydrogens is 255 g/mol. The van der Waals surface area contributed by atoms with Gasteiger partial charge in [0.15, 0.2) is 10.6 Å². The summed E-state index contributed by atoms with van der Waals surface area (Å²) in [6.07, 6.45) is 1.16. The van der Waals surface area contributed by atoms with E-state index in [9.17, 15) is 4.39 Å². The van der Waals surface area contributed by atoms with E-state index in [0.717, 1.165) is 11.1 Å². The van der Waals surface area contributed by atoms with Crippen molar-refractivity contribution in [2.75, 3.05) is 0 Å². The van der Waals surface area contributed by atoms with Crippen LogP contribution in [0.25, 0.3) is 10.6 Å². The fourth-order valence-electron chi connectivity index (χ4n) is 0.932. The Morgan fingerprint density at radius 1 is 1.46 bits per heavy atom. The van der Waals surface area contributed by atoms with Crippen molar-refractivity contribution in [3.63, 3.8) is 0 Å². The smallest absolute Gasteiger partial charge is 0.197 e. The van der Waals surface area contributed by atoms with Gasteiger partial charge in [0, 0.05) is 0 Å². The van der Waals surface area contributed by atoms with Crippen LogP contribution < -0.4 is 0 Å². The molecule has 13 heavy (non-hydrogen) atoms. The Balaban J connectivity index is 2.57. The zero-order chi connectivity index (χ0) is 9.26. The van der Waals surface area contributed by atoms with Crippen LogP contribution in [0.3, 0.4) is 0 Å². The molecule has 0 amide bonds. The third-order valence-corrected chi connectivity index (χ3v) is 2.73. The van der Waals surface area contributed by atoms with E-state index in [0.29, 0.717) is 10.4 Å². The SMILES string of the molecule is Fc1cnc(Br)nc1-c1cccs1. The molecule has 0 aromatic carbocycles. The highest BCUT2D eigenvalue weighted by Gasteiger charge is 2.08. The molecule has 0 atom stereocenters. The van der Waals surface area contributed by atoms with Gasteiger partial charge in [0.05, 0.1) is 11.1 Å². The van der Waals surface area contributed by atoms with Gasteiger partial charge in [-0.1, -0.05) is 6.07 Å². The van der Waals surface area contributed by atoms with E-state index in [-0.39, 0.29) is 0 Å². The van der Waals surface area contributed by atoms with Gasteiger partial charge in [-0.3, -0.25) is 0 Å². The summed E-state index contributed by atoms with van der Waals surface area (Å²) in [4.78, 5) is 8.45. The van der Waals surface area contributed by atoms with E-state index in [1.54, 1.807) is 0 Å². The lowest BCUT2D eigenvalue weighted by Crippen LogP contribution is -1.90. The minimum absolute atomic E-state index is 0.344. The van der Waals surface area contributed by atoms with Gasteiger partial charge < -0.3 is 0 Å². The molecule has 0 saturated heterocycles. The molecule has 2 nitrogen and oxygen atoms in total. The molecule has 0 aliphatic carbocycles. The van der Waals surface area contributed by atoms with Crippen LogP contribution in [-0.2, 0) is 0 Å². The number of rotatable bonds is 1. The molecule has 0 radical (unpaired) electrons. The monoisotopic (exact) mass is 258 g/mol. The summed E-state index contributed by atoms with van der Waals surface area (Å²) >= 11 is 4.55. The van der Waals surface area contributed by atoms with Gasteiger partial charge in [-0.15, -0.1) is 11.3 Å². The van der Waals surface area contributed by atoms with Crippen LogP contribution in [-0.4, -0.2) is 9.97 Å². The average molecular weight is 259 g/mol. The molecule has 0 bridgehead atoms. The highest BCUT2D eigenvalue weighted by atomic mass is 79.9. The minimum atomic E-state index is -0.398. The van der Waals surface area contributed by atoms with Crippen molar-refractivity contribution >= 4 is 27.3 Å². The molecule has 2 heterocycles. The quantitative estimate of drug-likeness (QED) is 0.735. The first-order chi connectivity index (χ1) is 6.27. The molecule has 0 N–H and O–H groups in total. The van der Waals surface area contributed by atoms with Crippen molar-refractivity contribution in [3.05, 3.63) is 34.3 Å². The summed E-state index contributed by atoms with van der Waals surface area (Å²) in [5.74, 6) is -0.398. The largest absolute Gasteiger partial charge is 0.228 e. The van der Waals surface area contributed by atoms with Crippen LogP contribution in [0.1, 0.15) is 0 Å². The normalized spacial score (nSPS) is 10.3. The van der Waals surface area contributed by atoms with E-state index < -0.39 is 5.82 Å². The first-order valence-corrected chi connectivity index (χ1v) is 5.16. The second kappa shape index (κ2) is 3.51. The highest BCUT2D eigenvalue weighted by Crippen LogP contribution is 2.25. The predicted octanol–water partition coefficient (Wildman–Crippen LogP) is 3.11. The molecule has 0 aliphatic heterocycles. The Morgan fingerprint density at radius 2 is 2.31 bits per heavy atom. The van der Waals surface area contributed by atoms with Crippen LogP contribution in [0, 0.1) is 5.82 Å². The minimum Gasteiger partial charge on any atom is -0.228 e. The van der Waals surface area contributed by atoms with Crippen molar-refractivity contribution in [1.29, 1.82) is 0 Å². The van der Waals surface area contributed by atoms with Crippen molar-refractivity contribution in [2.45, 2.75) is 0 Å². The lowest BCUT2D eigenvalue weighted by Gasteiger charge is -1.97. The van der Waals surface area contributed by atoms with Gasteiger partial charge in [0.2, 0.25) is 0 Å². The maximum absolute atomic E-state index is 13.2. The Morgan fingerprint density at radius 3 is 3.00 bits per heavy atom. The molecule has 0 aliphatic rings. The van der Waals surface area contributed by atoms with Crippen LogP contribution in [0.5, 0.6) is 0 Å². The van der Waals surface area contributed by atoms with Gasteiger partial charge in [-0.25, -0.2) is 14.4 Å². The predicted molar refractivity (Wildman–Crippen MR) is 53.0 cm³/mol. The third kappa shape index (κ3) is 1.76. The highest BCUT2D eigenvalue weighted by molar-refractivity contribution is 9.10. The summed E-state index contributed by atoms with van der Waals surface area (Å²) in [6, 6.07) is 3.68. The number of hydrogen-bond donors (Lipinski definition) is 0. The standard InChI is InChI=1S/C8H4BrFN2S/c9-8-11-4-5(10)7(12-8)6-2-1-3-13-6/h1-4H. The maximum atomic E-state index is 13.2. The van der Waals surface area contributed by atoms with Gasteiger partial charge in [0.1, 0.15) is 5.69 Å². The van der Waals surface area contributed by atoms with Gasteiger partial charge >= 0.3 is 0 Å². The molecule has 2 aromatic heterocycles. The fourth-order valence-corrected chi connectivity index (χ4v) is 1.93. The van der Waals surface area contributed by atoms with Crippen LogP contribution >= 0.6 is 27.3 Å². The van der Waals surface area contributed by atoms with E-state index in [2.05, 4.69) is 25.9 Å². The Bertz CT molecular complexity index is 416. The summed E-state index contributed by atoms with van der Waals surface area (Å²) in [7, 11) is 0. The van der Waals surface area contributed by atoms with Gasteiger partial charge in [0.25, 0.3) is 0 Å². The second-order valence-corrected chi connectivity index (χ2v) is 3.97.